The highest BCUT2D eigenvalue weighted by atomic mass is 19.4. The number of aliphatic hydroxyl groups excluding tert-OH is 1. The average molecular weight is 365 g/mol. The Morgan fingerprint density at radius 3 is 2.54 bits per heavy atom. The van der Waals surface area contributed by atoms with Crippen LogP contribution in [-0.4, -0.2) is 17.7 Å². The van der Waals surface area contributed by atoms with Crippen molar-refractivity contribution in [3.05, 3.63) is 76.9 Å². The topological polar surface area (TPSA) is 58.6 Å². The van der Waals surface area contributed by atoms with E-state index in [9.17, 15) is 23.1 Å². The zero-order valence-corrected chi connectivity index (χ0v) is 13.8. The Morgan fingerprint density at radius 2 is 1.88 bits per heavy atom. The van der Waals surface area contributed by atoms with Gasteiger partial charge in [0.2, 0.25) is 0 Å². The number of carbonyl (C=O) groups excluding carboxylic acids is 1. The van der Waals surface area contributed by atoms with E-state index in [2.05, 4.69) is 5.32 Å². The molecule has 0 aromatic heterocycles. The number of halogens is 3. The van der Waals surface area contributed by atoms with Crippen molar-refractivity contribution >= 4 is 12.2 Å². The molecule has 0 aliphatic carbocycles. The molecule has 0 radical (unpaired) electrons. The summed E-state index contributed by atoms with van der Waals surface area (Å²) in [5.41, 5.74) is 0.638. The minimum atomic E-state index is -4.46. The fourth-order valence-electron chi connectivity index (χ4n) is 2.18. The van der Waals surface area contributed by atoms with Gasteiger partial charge in [-0.25, -0.2) is 4.79 Å². The van der Waals surface area contributed by atoms with Crippen molar-refractivity contribution in [1.29, 1.82) is 0 Å². The SMILES string of the molecule is O=C(NCC=Cc1ccc(C(F)(F)F)cc1CO)OCc1ccccc1. The lowest BCUT2D eigenvalue weighted by Crippen LogP contribution is -2.24. The van der Waals surface area contributed by atoms with Crippen LogP contribution in [0.4, 0.5) is 18.0 Å². The number of amides is 1. The number of carbonyl (C=O) groups is 1. The average Bonchev–Trinajstić information content (AvgIpc) is 2.63. The molecule has 7 heteroatoms. The van der Waals surface area contributed by atoms with Gasteiger partial charge >= 0.3 is 12.3 Å². The lowest BCUT2D eigenvalue weighted by molar-refractivity contribution is -0.137. The predicted octanol–water partition coefficient (Wildman–Crippen LogP) is 4.14. The van der Waals surface area contributed by atoms with E-state index in [1.54, 1.807) is 6.08 Å². The maximum Gasteiger partial charge on any atom is 0.416 e. The zero-order chi connectivity index (χ0) is 19.0. The Bertz CT molecular complexity index is 758. The first-order chi connectivity index (χ1) is 12.4. The van der Waals surface area contributed by atoms with E-state index in [4.69, 9.17) is 4.74 Å². The largest absolute Gasteiger partial charge is 0.445 e. The monoisotopic (exact) mass is 365 g/mol. The number of alkyl carbamates (subject to hydrolysis) is 1. The van der Waals surface area contributed by atoms with E-state index in [-0.39, 0.29) is 18.7 Å². The van der Waals surface area contributed by atoms with E-state index < -0.39 is 24.4 Å². The molecule has 2 aromatic rings. The number of alkyl halides is 3. The van der Waals surface area contributed by atoms with Gasteiger partial charge in [0, 0.05) is 6.54 Å². The van der Waals surface area contributed by atoms with Gasteiger partial charge in [-0.3, -0.25) is 0 Å². The van der Waals surface area contributed by atoms with Crippen molar-refractivity contribution in [3.63, 3.8) is 0 Å². The molecule has 0 fully saturated rings. The number of hydrogen-bond donors (Lipinski definition) is 2. The van der Waals surface area contributed by atoms with Crippen LogP contribution in [0.25, 0.3) is 6.08 Å². The lowest BCUT2D eigenvalue weighted by atomic mass is 10.0. The fourth-order valence-corrected chi connectivity index (χ4v) is 2.18. The van der Waals surface area contributed by atoms with Crippen LogP contribution in [0.15, 0.2) is 54.6 Å². The first-order valence-corrected chi connectivity index (χ1v) is 7.82. The van der Waals surface area contributed by atoms with Crippen LogP contribution >= 0.6 is 0 Å². The van der Waals surface area contributed by atoms with Gasteiger partial charge in [0.05, 0.1) is 12.2 Å². The molecule has 0 aliphatic heterocycles. The zero-order valence-electron chi connectivity index (χ0n) is 13.8. The summed E-state index contributed by atoms with van der Waals surface area (Å²) < 4.78 is 43.0. The molecule has 2 rings (SSSR count). The van der Waals surface area contributed by atoms with Crippen LogP contribution in [-0.2, 0) is 24.1 Å². The van der Waals surface area contributed by atoms with E-state index in [0.29, 0.717) is 5.56 Å². The summed E-state index contributed by atoms with van der Waals surface area (Å²) in [5, 5.41) is 11.7. The van der Waals surface area contributed by atoms with Crippen LogP contribution in [0.1, 0.15) is 22.3 Å². The lowest BCUT2D eigenvalue weighted by Gasteiger charge is -2.10. The summed E-state index contributed by atoms with van der Waals surface area (Å²) in [6, 6.07) is 12.3. The number of rotatable bonds is 6. The van der Waals surface area contributed by atoms with Crippen molar-refractivity contribution in [2.45, 2.75) is 19.4 Å². The quantitative estimate of drug-likeness (QED) is 0.809. The number of hydrogen-bond acceptors (Lipinski definition) is 3. The maximum absolute atomic E-state index is 12.7. The first kappa shape index (κ1) is 19.5. The molecule has 0 bridgehead atoms. The molecule has 0 atom stereocenters. The van der Waals surface area contributed by atoms with Gasteiger partial charge in [-0.15, -0.1) is 0 Å². The van der Waals surface area contributed by atoms with Gasteiger partial charge in [0.1, 0.15) is 6.61 Å². The number of benzene rings is 2. The normalized spacial score (nSPS) is 11.5. The summed E-state index contributed by atoms with van der Waals surface area (Å²) in [7, 11) is 0. The Hall–Kier alpha value is -2.80. The highest BCUT2D eigenvalue weighted by Crippen LogP contribution is 2.30. The third-order valence-corrected chi connectivity index (χ3v) is 3.52. The molecule has 0 unspecified atom stereocenters. The predicted molar refractivity (Wildman–Crippen MR) is 91.0 cm³/mol. The molecule has 0 heterocycles. The van der Waals surface area contributed by atoms with Gasteiger partial charge in [0.25, 0.3) is 0 Å². The fraction of sp³-hybridized carbons (Fsp3) is 0.211. The third kappa shape index (κ3) is 5.93. The number of aliphatic hydroxyl groups is 1. The summed E-state index contributed by atoms with van der Waals surface area (Å²) in [6.07, 6.45) is -1.97. The van der Waals surface area contributed by atoms with Crippen molar-refractivity contribution < 1.29 is 27.8 Å². The second-order valence-corrected chi connectivity index (χ2v) is 5.41. The van der Waals surface area contributed by atoms with Crippen LogP contribution in [0, 0.1) is 0 Å². The van der Waals surface area contributed by atoms with Gasteiger partial charge < -0.3 is 15.2 Å². The summed E-state index contributed by atoms with van der Waals surface area (Å²) in [6.45, 7) is -0.237. The smallest absolute Gasteiger partial charge is 0.416 e. The van der Waals surface area contributed by atoms with Crippen molar-refractivity contribution in [3.8, 4) is 0 Å². The second-order valence-electron chi connectivity index (χ2n) is 5.41. The van der Waals surface area contributed by atoms with Crippen molar-refractivity contribution in [2.75, 3.05) is 6.54 Å². The van der Waals surface area contributed by atoms with Gasteiger partial charge in [-0.1, -0.05) is 48.6 Å². The summed E-state index contributed by atoms with van der Waals surface area (Å²) in [4.78, 5) is 11.6. The summed E-state index contributed by atoms with van der Waals surface area (Å²) in [5.74, 6) is 0. The highest BCUT2D eigenvalue weighted by Gasteiger charge is 2.30. The van der Waals surface area contributed by atoms with Gasteiger partial charge in [-0.2, -0.15) is 13.2 Å². The minimum Gasteiger partial charge on any atom is -0.445 e. The molecule has 2 N–H and O–H groups in total. The van der Waals surface area contributed by atoms with Crippen LogP contribution < -0.4 is 5.32 Å². The number of nitrogens with one attached hydrogen (secondary N) is 1. The Kier molecular flexibility index (Phi) is 6.80. The van der Waals surface area contributed by atoms with Crippen molar-refractivity contribution in [2.24, 2.45) is 0 Å². The van der Waals surface area contributed by atoms with E-state index in [1.165, 1.54) is 12.1 Å². The molecule has 0 saturated carbocycles. The molecule has 0 aliphatic rings. The molecule has 4 nitrogen and oxygen atoms in total. The van der Waals surface area contributed by atoms with E-state index in [0.717, 1.165) is 17.7 Å². The Balaban J connectivity index is 1.85. The molecule has 1 amide bonds. The molecule has 0 saturated heterocycles. The Labute approximate surface area is 148 Å². The van der Waals surface area contributed by atoms with Gasteiger partial charge in [-0.05, 0) is 28.8 Å². The van der Waals surface area contributed by atoms with E-state index in [1.807, 2.05) is 30.3 Å². The number of ether oxygens (including phenoxy) is 1. The summed E-state index contributed by atoms with van der Waals surface area (Å²) >= 11 is 0. The minimum absolute atomic E-state index is 0.138. The second kappa shape index (κ2) is 9.05. The van der Waals surface area contributed by atoms with E-state index >= 15 is 0 Å². The first-order valence-electron chi connectivity index (χ1n) is 7.82. The van der Waals surface area contributed by atoms with Crippen LogP contribution in [0.3, 0.4) is 0 Å². The third-order valence-electron chi connectivity index (χ3n) is 3.52. The molecular formula is C19H18F3NO3. The molecule has 0 spiro atoms. The molecule has 2 aromatic carbocycles. The molecular weight excluding hydrogens is 347 g/mol. The molecule has 26 heavy (non-hydrogen) atoms. The maximum atomic E-state index is 12.7. The van der Waals surface area contributed by atoms with Gasteiger partial charge in [0.15, 0.2) is 0 Å². The standard InChI is InChI=1S/C19H18F3NO3/c20-19(21,22)17-9-8-15(16(11-17)12-24)7-4-10-23-18(25)26-13-14-5-2-1-3-6-14/h1-9,11,24H,10,12-13H2,(H,23,25). The molecule has 138 valence electrons. The van der Waals surface area contributed by atoms with Crippen LogP contribution in [0.2, 0.25) is 0 Å². The Morgan fingerprint density at radius 1 is 1.15 bits per heavy atom. The van der Waals surface area contributed by atoms with Crippen molar-refractivity contribution in [1.82, 2.24) is 5.32 Å². The van der Waals surface area contributed by atoms with Crippen LogP contribution in [0.5, 0.6) is 0 Å². The highest BCUT2D eigenvalue weighted by molar-refractivity contribution is 5.67.